The molecular weight excluding hydrogens is 272 g/mol. The highest BCUT2D eigenvalue weighted by Gasteiger charge is 2.12. The summed E-state index contributed by atoms with van der Waals surface area (Å²) >= 11 is 5.01. The number of thiocarbonyl (C=S) groups is 1. The van der Waals surface area contributed by atoms with Gasteiger partial charge in [0.1, 0.15) is 10.7 Å². The van der Waals surface area contributed by atoms with E-state index in [2.05, 4.69) is 5.32 Å². The molecule has 0 aromatic heterocycles. The second-order valence-corrected chi connectivity index (χ2v) is 4.81. The second-order valence-electron chi connectivity index (χ2n) is 4.37. The zero-order valence-corrected chi connectivity index (χ0v) is 11.7. The Balaban J connectivity index is 2.33. The number of anilines is 1. The highest BCUT2D eigenvalue weighted by Crippen LogP contribution is 2.21. The van der Waals surface area contributed by atoms with Crippen LogP contribution in [-0.4, -0.2) is 16.0 Å². The molecule has 0 atom stereocenters. The first kappa shape index (κ1) is 14.0. The van der Waals surface area contributed by atoms with Crippen LogP contribution < -0.4 is 11.1 Å². The van der Waals surface area contributed by atoms with Crippen LogP contribution in [0.25, 0.3) is 0 Å². The number of carbonyl (C=O) groups is 1. The van der Waals surface area contributed by atoms with Gasteiger partial charge >= 0.3 is 0 Å². The van der Waals surface area contributed by atoms with Crippen LogP contribution in [0.4, 0.5) is 5.69 Å². The van der Waals surface area contributed by atoms with Gasteiger partial charge in [0.05, 0.1) is 5.69 Å². The summed E-state index contributed by atoms with van der Waals surface area (Å²) < 4.78 is 0. The highest BCUT2D eigenvalue weighted by atomic mass is 32.1. The summed E-state index contributed by atoms with van der Waals surface area (Å²) in [5.74, 6) is -0.291. The van der Waals surface area contributed by atoms with Gasteiger partial charge in [-0.25, -0.2) is 0 Å². The van der Waals surface area contributed by atoms with Crippen LogP contribution in [0.5, 0.6) is 5.75 Å². The van der Waals surface area contributed by atoms with Crippen LogP contribution >= 0.6 is 12.2 Å². The lowest BCUT2D eigenvalue weighted by molar-refractivity contribution is 0.102. The van der Waals surface area contributed by atoms with Crippen molar-refractivity contribution in [2.24, 2.45) is 5.73 Å². The first-order valence-electron chi connectivity index (χ1n) is 5.99. The molecule has 2 rings (SSSR count). The molecule has 4 nitrogen and oxygen atoms in total. The van der Waals surface area contributed by atoms with Crippen molar-refractivity contribution in [1.29, 1.82) is 0 Å². The maximum atomic E-state index is 12.1. The molecule has 0 fully saturated rings. The molecule has 2 aromatic rings. The molecule has 5 heteroatoms. The van der Waals surface area contributed by atoms with Crippen LogP contribution in [0.2, 0.25) is 0 Å². The number of aryl methyl sites for hydroxylation is 1. The topological polar surface area (TPSA) is 75.3 Å². The largest absolute Gasteiger partial charge is 0.508 e. The van der Waals surface area contributed by atoms with E-state index in [0.717, 1.165) is 5.56 Å². The van der Waals surface area contributed by atoms with Crippen LogP contribution in [0, 0.1) is 6.92 Å². The molecule has 20 heavy (non-hydrogen) atoms. The molecular formula is C15H14N2O2S. The van der Waals surface area contributed by atoms with Crippen molar-refractivity contribution in [1.82, 2.24) is 0 Å². The molecule has 0 aliphatic rings. The normalized spacial score (nSPS) is 10.1. The minimum absolute atomic E-state index is 0.0384. The van der Waals surface area contributed by atoms with Crippen molar-refractivity contribution in [3.8, 4) is 5.75 Å². The zero-order valence-electron chi connectivity index (χ0n) is 10.9. The molecule has 2 aromatic carbocycles. The van der Waals surface area contributed by atoms with Gasteiger partial charge < -0.3 is 16.2 Å². The summed E-state index contributed by atoms with van der Waals surface area (Å²) in [4.78, 5) is 12.4. The van der Waals surface area contributed by atoms with Gasteiger partial charge in [0.15, 0.2) is 0 Å². The van der Waals surface area contributed by atoms with Crippen molar-refractivity contribution in [2.75, 3.05) is 5.32 Å². The molecule has 0 unspecified atom stereocenters. The van der Waals surface area contributed by atoms with Crippen LogP contribution in [0.3, 0.4) is 0 Å². The van der Waals surface area contributed by atoms with E-state index in [9.17, 15) is 9.90 Å². The molecule has 4 N–H and O–H groups in total. The van der Waals surface area contributed by atoms with E-state index in [4.69, 9.17) is 18.0 Å². The lowest BCUT2D eigenvalue weighted by atomic mass is 10.1. The molecule has 102 valence electrons. The smallest absolute Gasteiger partial charge is 0.255 e. The molecule has 0 heterocycles. The Bertz CT molecular complexity index is 683. The van der Waals surface area contributed by atoms with Gasteiger partial charge in [0, 0.05) is 11.1 Å². The maximum absolute atomic E-state index is 12.1. The summed E-state index contributed by atoms with van der Waals surface area (Å²) in [6.07, 6.45) is 0. The number of benzene rings is 2. The predicted octanol–water partition coefficient (Wildman–Crippen LogP) is 2.59. The first-order valence-corrected chi connectivity index (χ1v) is 6.39. The van der Waals surface area contributed by atoms with Crippen molar-refractivity contribution in [3.63, 3.8) is 0 Å². The van der Waals surface area contributed by atoms with Gasteiger partial charge in [-0.2, -0.15) is 0 Å². The molecule has 0 bridgehead atoms. The Labute approximate surface area is 122 Å². The van der Waals surface area contributed by atoms with Gasteiger partial charge in [0.25, 0.3) is 5.91 Å². The van der Waals surface area contributed by atoms with E-state index < -0.39 is 0 Å². The van der Waals surface area contributed by atoms with E-state index in [1.54, 1.807) is 18.2 Å². The number of hydrogen-bond donors (Lipinski definition) is 3. The Morgan fingerprint density at radius 3 is 2.60 bits per heavy atom. The third-order valence-electron chi connectivity index (χ3n) is 2.88. The van der Waals surface area contributed by atoms with Gasteiger partial charge in [-0.3, -0.25) is 4.79 Å². The Kier molecular flexibility index (Phi) is 4.00. The summed E-state index contributed by atoms with van der Waals surface area (Å²) in [6.45, 7) is 1.87. The maximum Gasteiger partial charge on any atom is 0.255 e. The van der Waals surface area contributed by atoms with Crippen LogP contribution in [-0.2, 0) is 0 Å². The van der Waals surface area contributed by atoms with Crippen LogP contribution in [0.1, 0.15) is 21.5 Å². The van der Waals surface area contributed by atoms with E-state index in [1.165, 1.54) is 12.1 Å². The molecule has 1 amide bonds. The average molecular weight is 286 g/mol. The number of rotatable bonds is 3. The standard InChI is InChI=1S/C15H14N2O2S/c1-9-4-2-7-12(13(9)14(16)20)17-15(19)10-5-3-6-11(18)8-10/h2-8,18H,1H3,(H2,16,20)(H,17,19). The minimum Gasteiger partial charge on any atom is -0.508 e. The van der Waals surface area contributed by atoms with E-state index in [-0.39, 0.29) is 16.6 Å². The quantitative estimate of drug-likeness (QED) is 0.758. The summed E-state index contributed by atoms with van der Waals surface area (Å²) in [5, 5.41) is 12.2. The van der Waals surface area contributed by atoms with Crippen molar-refractivity contribution < 1.29 is 9.90 Å². The fraction of sp³-hybridized carbons (Fsp3) is 0.0667. The Morgan fingerprint density at radius 1 is 1.25 bits per heavy atom. The number of hydrogen-bond acceptors (Lipinski definition) is 3. The molecule has 0 aliphatic carbocycles. The van der Waals surface area contributed by atoms with E-state index in [0.29, 0.717) is 16.8 Å². The lowest BCUT2D eigenvalue weighted by Crippen LogP contribution is -2.18. The fourth-order valence-corrected chi connectivity index (χ4v) is 2.21. The number of nitrogens with two attached hydrogens (primary N) is 1. The molecule has 0 aliphatic heterocycles. The lowest BCUT2D eigenvalue weighted by Gasteiger charge is -2.12. The molecule has 0 saturated heterocycles. The number of amides is 1. The number of phenols is 1. The van der Waals surface area contributed by atoms with Crippen LogP contribution in [0.15, 0.2) is 42.5 Å². The van der Waals surface area contributed by atoms with E-state index >= 15 is 0 Å². The predicted molar refractivity (Wildman–Crippen MR) is 83.1 cm³/mol. The molecule has 0 radical (unpaired) electrons. The van der Waals surface area contributed by atoms with Gasteiger partial charge in [-0.15, -0.1) is 0 Å². The summed E-state index contributed by atoms with van der Waals surface area (Å²) in [6, 6.07) is 11.5. The SMILES string of the molecule is Cc1cccc(NC(=O)c2cccc(O)c2)c1C(N)=S. The first-order chi connectivity index (χ1) is 9.49. The van der Waals surface area contributed by atoms with E-state index in [1.807, 2.05) is 19.1 Å². The van der Waals surface area contributed by atoms with Gasteiger partial charge in [-0.05, 0) is 36.8 Å². The molecule has 0 spiro atoms. The molecule has 0 saturated carbocycles. The third-order valence-corrected chi connectivity index (χ3v) is 3.08. The monoisotopic (exact) mass is 286 g/mol. The Hall–Kier alpha value is -2.40. The number of phenolic OH excluding ortho intramolecular Hbond substituents is 1. The van der Waals surface area contributed by atoms with Gasteiger partial charge in [-0.1, -0.05) is 30.4 Å². The fourth-order valence-electron chi connectivity index (χ4n) is 1.94. The van der Waals surface area contributed by atoms with Gasteiger partial charge in [0.2, 0.25) is 0 Å². The Morgan fingerprint density at radius 2 is 1.95 bits per heavy atom. The number of nitrogens with one attached hydrogen (secondary N) is 1. The van der Waals surface area contributed by atoms with Crippen molar-refractivity contribution in [3.05, 3.63) is 59.2 Å². The highest BCUT2D eigenvalue weighted by molar-refractivity contribution is 7.80. The summed E-state index contributed by atoms with van der Waals surface area (Å²) in [5.41, 5.74) is 8.16. The third kappa shape index (κ3) is 2.95. The second kappa shape index (κ2) is 5.71. The number of carbonyl (C=O) groups excluding carboxylic acids is 1. The zero-order chi connectivity index (χ0) is 14.7. The van der Waals surface area contributed by atoms with Crippen molar-refractivity contribution in [2.45, 2.75) is 6.92 Å². The average Bonchev–Trinajstić information content (AvgIpc) is 2.38. The van der Waals surface area contributed by atoms with Crippen molar-refractivity contribution >= 4 is 28.8 Å². The minimum atomic E-state index is -0.330. The number of aromatic hydroxyl groups is 1. The summed E-state index contributed by atoms with van der Waals surface area (Å²) in [7, 11) is 0.